The quantitative estimate of drug-likeness (QED) is 0.540. The van der Waals surface area contributed by atoms with Gasteiger partial charge in [0.1, 0.15) is 16.7 Å². The Morgan fingerprint density at radius 3 is 2.41 bits per heavy atom. The molecular formula is C10H15ClN4O2. The lowest BCUT2D eigenvalue weighted by atomic mass is 10.4. The molecule has 0 unspecified atom stereocenters. The monoisotopic (exact) mass is 258 g/mol. The first-order valence-corrected chi connectivity index (χ1v) is 5.67. The molecule has 0 aliphatic carbocycles. The van der Waals surface area contributed by atoms with E-state index in [0.29, 0.717) is 29.7 Å². The number of anilines is 2. The largest absolute Gasteiger partial charge is 0.395 e. The van der Waals surface area contributed by atoms with Crippen molar-refractivity contribution in [1.29, 1.82) is 0 Å². The van der Waals surface area contributed by atoms with Gasteiger partial charge in [0.15, 0.2) is 0 Å². The summed E-state index contributed by atoms with van der Waals surface area (Å²) < 4.78 is 0. The first kappa shape index (κ1) is 12.1. The van der Waals surface area contributed by atoms with E-state index in [1.54, 1.807) is 11.0 Å². The number of aliphatic hydroxyl groups excluding tert-OH is 2. The fraction of sp³-hybridized carbons (Fsp3) is 0.400. The molecule has 0 aliphatic heterocycles. The number of H-pyrrole nitrogens is 2. The first-order chi connectivity index (χ1) is 8.17. The van der Waals surface area contributed by atoms with Gasteiger partial charge in [0.25, 0.3) is 0 Å². The minimum atomic E-state index is -0.00851. The van der Waals surface area contributed by atoms with E-state index in [2.05, 4.69) is 9.97 Å². The third-order valence-corrected chi connectivity index (χ3v) is 2.94. The van der Waals surface area contributed by atoms with Crippen molar-refractivity contribution in [1.82, 2.24) is 9.97 Å². The molecule has 0 aliphatic rings. The normalized spacial score (nSPS) is 11.2. The van der Waals surface area contributed by atoms with Crippen molar-refractivity contribution in [2.75, 3.05) is 36.9 Å². The van der Waals surface area contributed by atoms with E-state index in [1.807, 2.05) is 0 Å². The molecule has 2 aromatic rings. The lowest BCUT2D eigenvalue weighted by Crippen LogP contribution is -2.30. The fourth-order valence-corrected chi connectivity index (χ4v) is 2.16. The summed E-state index contributed by atoms with van der Waals surface area (Å²) in [6.07, 6.45) is 0. The fourth-order valence-electron chi connectivity index (χ4n) is 1.84. The molecule has 7 heteroatoms. The lowest BCUT2D eigenvalue weighted by molar-refractivity contribution is 0.281. The van der Waals surface area contributed by atoms with Gasteiger partial charge in [-0.1, -0.05) is 11.6 Å². The van der Waals surface area contributed by atoms with Crippen molar-refractivity contribution in [3.05, 3.63) is 11.1 Å². The molecule has 0 saturated heterocycles. The number of aliphatic hydroxyl groups is 2. The summed E-state index contributed by atoms with van der Waals surface area (Å²) in [4.78, 5) is 7.85. The minimum absolute atomic E-state index is 0.00851. The van der Waals surface area contributed by atoms with Gasteiger partial charge in [0.05, 0.1) is 24.2 Å². The van der Waals surface area contributed by atoms with Crippen LogP contribution in [-0.2, 0) is 0 Å². The van der Waals surface area contributed by atoms with Crippen LogP contribution in [0.3, 0.4) is 0 Å². The van der Waals surface area contributed by atoms with Crippen LogP contribution in [0.5, 0.6) is 0 Å². The summed E-state index contributed by atoms with van der Waals surface area (Å²) in [5.74, 6) is 1.21. The molecular weight excluding hydrogens is 244 g/mol. The van der Waals surface area contributed by atoms with Gasteiger partial charge < -0.3 is 30.8 Å². The Morgan fingerprint density at radius 2 is 1.88 bits per heavy atom. The first-order valence-electron chi connectivity index (χ1n) is 5.29. The number of halogens is 1. The molecule has 2 aromatic heterocycles. The number of aromatic nitrogens is 2. The summed E-state index contributed by atoms with van der Waals surface area (Å²) in [6, 6.07) is 1.75. The maximum absolute atomic E-state index is 8.98. The Kier molecular flexibility index (Phi) is 3.46. The molecule has 0 bridgehead atoms. The number of nitrogens with zero attached hydrogens (tertiary/aromatic N) is 1. The van der Waals surface area contributed by atoms with E-state index in [-0.39, 0.29) is 13.2 Å². The summed E-state index contributed by atoms with van der Waals surface area (Å²) >= 11 is 6.21. The van der Waals surface area contributed by atoms with E-state index in [4.69, 9.17) is 27.5 Å². The summed E-state index contributed by atoms with van der Waals surface area (Å²) in [5, 5.41) is 18.5. The van der Waals surface area contributed by atoms with Gasteiger partial charge in [0, 0.05) is 19.2 Å². The Balaban J connectivity index is 2.38. The number of aromatic amines is 2. The van der Waals surface area contributed by atoms with Crippen LogP contribution >= 0.6 is 11.6 Å². The number of rotatable bonds is 5. The van der Waals surface area contributed by atoms with Gasteiger partial charge >= 0.3 is 0 Å². The van der Waals surface area contributed by atoms with Crippen LogP contribution in [0.15, 0.2) is 6.07 Å². The van der Waals surface area contributed by atoms with E-state index in [1.165, 1.54) is 0 Å². The second kappa shape index (κ2) is 4.87. The summed E-state index contributed by atoms with van der Waals surface area (Å²) in [7, 11) is 0. The molecule has 0 fully saturated rings. The predicted octanol–water partition coefficient (Wildman–Crippen LogP) is 0.523. The second-order valence-electron chi connectivity index (χ2n) is 3.74. The molecule has 0 spiro atoms. The maximum atomic E-state index is 8.98. The number of hydrogen-bond donors (Lipinski definition) is 5. The van der Waals surface area contributed by atoms with E-state index in [0.717, 1.165) is 11.0 Å². The van der Waals surface area contributed by atoms with E-state index in [9.17, 15) is 0 Å². The molecule has 0 radical (unpaired) electrons. The number of nitrogens with one attached hydrogen (secondary N) is 2. The zero-order valence-electron chi connectivity index (χ0n) is 9.20. The summed E-state index contributed by atoms with van der Waals surface area (Å²) in [5.41, 5.74) is 7.16. The highest BCUT2D eigenvalue weighted by Crippen LogP contribution is 2.33. The van der Waals surface area contributed by atoms with Gasteiger partial charge in [-0.15, -0.1) is 0 Å². The van der Waals surface area contributed by atoms with Crippen molar-refractivity contribution in [3.8, 4) is 0 Å². The molecule has 0 atom stereocenters. The van der Waals surface area contributed by atoms with Crippen molar-refractivity contribution in [3.63, 3.8) is 0 Å². The SMILES string of the molecule is Nc1cc2[nH]c(N(CCO)CCO)c(Cl)c2[nH]1. The van der Waals surface area contributed by atoms with Gasteiger partial charge in [-0.3, -0.25) is 0 Å². The molecule has 0 amide bonds. The van der Waals surface area contributed by atoms with Crippen molar-refractivity contribution in [2.24, 2.45) is 0 Å². The Hall–Kier alpha value is -1.37. The number of nitrogen functional groups attached to an aromatic ring is 1. The molecule has 2 heterocycles. The predicted molar refractivity (Wildman–Crippen MR) is 68.5 cm³/mol. The van der Waals surface area contributed by atoms with Crippen LogP contribution in [0, 0.1) is 0 Å². The molecule has 0 saturated carbocycles. The third kappa shape index (κ3) is 2.19. The highest BCUT2D eigenvalue weighted by Gasteiger charge is 2.16. The highest BCUT2D eigenvalue weighted by atomic mass is 35.5. The Morgan fingerprint density at radius 1 is 1.24 bits per heavy atom. The Labute approximate surface area is 103 Å². The van der Waals surface area contributed by atoms with Crippen molar-refractivity contribution >= 4 is 34.3 Å². The molecule has 0 aromatic carbocycles. The second-order valence-corrected chi connectivity index (χ2v) is 4.11. The molecule has 17 heavy (non-hydrogen) atoms. The van der Waals surface area contributed by atoms with Crippen LogP contribution in [0.2, 0.25) is 5.02 Å². The zero-order chi connectivity index (χ0) is 12.4. The van der Waals surface area contributed by atoms with Gasteiger partial charge in [0.2, 0.25) is 0 Å². The average molecular weight is 259 g/mol. The van der Waals surface area contributed by atoms with Crippen LogP contribution in [0.4, 0.5) is 11.6 Å². The van der Waals surface area contributed by atoms with E-state index < -0.39 is 0 Å². The van der Waals surface area contributed by atoms with Crippen molar-refractivity contribution < 1.29 is 10.2 Å². The number of nitrogens with two attached hydrogens (primary N) is 1. The molecule has 6 nitrogen and oxygen atoms in total. The van der Waals surface area contributed by atoms with Crippen LogP contribution < -0.4 is 10.6 Å². The number of fused-ring (bicyclic) bond motifs is 1. The number of hydrogen-bond acceptors (Lipinski definition) is 4. The average Bonchev–Trinajstić information content (AvgIpc) is 2.78. The summed E-state index contributed by atoms with van der Waals surface area (Å²) in [6.45, 7) is 0.786. The minimum Gasteiger partial charge on any atom is -0.395 e. The molecule has 6 N–H and O–H groups in total. The third-order valence-electron chi connectivity index (χ3n) is 2.58. The van der Waals surface area contributed by atoms with Gasteiger partial charge in [-0.25, -0.2) is 0 Å². The van der Waals surface area contributed by atoms with Crippen LogP contribution in [-0.4, -0.2) is 46.5 Å². The molecule has 2 rings (SSSR count). The van der Waals surface area contributed by atoms with Crippen LogP contribution in [0.25, 0.3) is 11.0 Å². The molecule has 94 valence electrons. The highest BCUT2D eigenvalue weighted by molar-refractivity contribution is 6.38. The van der Waals surface area contributed by atoms with Gasteiger partial charge in [-0.2, -0.15) is 0 Å². The smallest absolute Gasteiger partial charge is 0.127 e. The van der Waals surface area contributed by atoms with E-state index >= 15 is 0 Å². The van der Waals surface area contributed by atoms with Crippen LogP contribution in [0.1, 0.15) is 0 Å². The topological polar surface area (TPSA) is 101 Å². The van der Waals surface area contributed by atoms with Gasteiger partial charge in [-0.05, 0) is 0 Å². The lowest BCUT2D eigenvalue weighted by Gasteiger charge is -2.21. The van der Waals surface area contributed by atoms with Crippen molar-refractivity contribution in [2.45, 2.75) is 0 Å². The zero-order valence-corrected chi connectivity index (χ0v) is 9.96. The standard InChI is InChI=1S/C10H15ClN4O2/c11-8-9-6(5-7(12)14-9)13-10(8)15(1-3-16)2-4-17/h5,13-14,16-17H,1-4,12H2. The maximum Gasteiger partial charge on any atom is 0.127 e. The Bertz CT molecular complexity index is 502.